The van der Waals surface area contributed by atoms with Crippen molar-refractivity contribution < 1.29 is 27.2 Å². The molecule has 30 heavy (non-hydrogen) atoms. The van der Waals surface area contributed by atoms with Gasteiger partial charge < -0.3 is 15.1 Å². The third-order valence-corrected chi connectivity index (χ3v) is 4.82. The Morgan fingerprint density at radius 1 is 1.07 bits per heavy atom. The molecule has 0 saturated heterocycles. The number of carbonyl (C=O) groups excluding carboxylic acids is 2. The molecule has 2 unspecified atom stereocenters. The molecule has 0 saturated carbocycles. The van der Waals surface area contributed by atoms with E-state index in [1.165, 1.54) is 31.2 Å². The molecule has 3 rings (SSSR count). The van der Waals surface area contributed by atoms with Crippen molar-refractivity contribution in [3.63, 3.8) is 0 Å². The number of carbonyl (C=O) groups is 2. The Labute approximate surface area is 171 Å². The molecule has 0 fully saturated rings. The first-order valence-electron chi connectivity index (χ1n) is 9.36. The van der Waals surface area contributed by atoms with Gasteiger partial charge in [0.2, 0.25) is 11.8 Å². The highest BCUT2D eigenvalue weighted by atomic mass is 19.1. The molecule has 158 valence electrons. The largest absolute Gasteiger partial charge is 0.459 e. The lowest BCUT2D eigenvalue weighted by Crippen LogP contribution is -2.34. The van der Waals surface area contributed by atoms with Gasteiger partial charge in [0.05, 0.1) is 18.5 Å². The smallest absolute Gasteiger partial charge is 0.223 e. The van der Waals surface area contributed by atoms with Gasteiger partial charge in [0, 0.05) is 23.4 Å². The van der Waals surface area contributed by atoms with Crippen LogP contribution >= 0.6 is 0 Å². The Morgan fingerprint density at radius 2 is 1.73 bits per heavy atom. The van der Waals surface area contributed by atoms with E-state index in [1.807, 2.05) is 0 Å². The van der Waals surface area contributed by atoms with Crippen LogP contribution in [-0.2, 0) is 9.59 Å². The van der Waals surface area contributed by atoms with Crippen LogP contribution in [-0.4, -0.2) is 11.8 Å². The standard InChI is InChI=1S/C22H21F3N2O3/c1-11-15-9-14(23)7-8-19(15)30-22(11)12(2)26-20(29)10-18(27-13(3)28)21-16(24)5-4-6-17(21)25/h4-9,12,18H,10H2,1-3H3,(H,26,29)(H,27,28). The number of halogens is 3. The van der Waals surface area contributed by atoms with E-state index in [1.54, 1.807) is 13.8 Å². The fourth-order valence-electron chi connectivity index (χ4n) is 3.49. The van der Waals surface area contributed by atoms with Crippen LogP contribution < -0.4 is 10.6 Å². The predicted molar refractivity (Wildman–Crippen MR) is 105 cm³/mol. The number of aryl methyl sites for hydroxylation is 1. The summed E-state index contributed by atoms with van der Waals surface area (Å²) in [5.41, 5.74) is 0.774. The molecule has 5 nitrogen and oxygen atoms in total. The van der Waals surface area contributed by atoms with Gasteiger partial charge >= 0.3 is 0 Å². The minimum atomic E-state index is -1.18. The minimum Gasteiger partial charge on any atom is -0.459 e. The van der Waals surface area contributed by atoms with Crippen molar-refractivity contribution in [2.75, 3.05) is 0 Å². The number of benzene rings is 2. The van der Waals surface area contributed by atoms with Crippen molar-refractivity contribution in [1.29, 1.82) is 0 Å². The van der Waals surface area contributed by atoms with Gasteiger partial charge in [-0.25, -0.2) is 13.2 Å². The number of nitrogens with one attached hydrogen (secondary N) is 2. The highest BCUT2D eigenvalue weighted by Gasteiger charge is 2.25. The summed E-state index contributed by atoms with van der Waals surface area (Å²) in [5.74, 6) is -2.75. The maximum absolute atomic E-state index is 14.2. The molecule has 1 aromatic heterocycles. The van der Waals surface area contributed by atoms with E-state index in [0.29, 0.717) is 22.3 Å². The van der Waals surface area contributed by atoms with E-state index in [4.69, 9.17) is 4.42 Å². The summed E-state index contributed by atoms with van der Waals surface area (Å²) in [6.07, 6.45) is -0.379. The predicted octanol–water partition coefficient (Wildman–Crippen LogP) is 4.60. The van der Waals surface area contributed by atoms with Crippen molar-refractivity contribution in [3.05, 3.63) is 70.7 Å². The van der Waals surface area contributed by atoms with Crippen molar-refractivity contribution in [2.24, 2.45) is 0 Å². The lowest BCUT2D eigenvalue weighted by atomic mass is 10.0. The van der Waals surface area contributed by atoms with E-state index in [9.17, 15) is 22.8 Å². The molecule has 2 amide bonds. The minimum absolute atomic E-state index is 0.379. The van der Waals surface area contributed by atoms with Crippen molar-refractivity contribution in [3.8, 4) is 0 Å². The fourth-order valence-corrected chi connectivity index (χ4v) is 3.49. The van der Waals surface area contributed by atoms with Crippen molar-refractivity contribution >= 4 is 22.8 Å². The quantitative estimate of drug-likeness (QED) is 0.615. The molecular formula is C22H21F3N2O3. The number of rotatable bonds is 6. The van der Waals surface area contributed by atoms with Gasteiger partial charge in [-0.3, -0.25) is 9.59 Å². The van der Waals surface area contributed by atoms with Gasteiger partial charge in [-0.2, -0.15) is 0 Å². The zero-order chi connectivity index (χ0) is 22.0. The summed E-state index contributed by atoms with van der Waals surface area (Å²) < 4.78 is 47.6. The third kappa shape index (κ3) is 4.48. The van der Waals surface area contributed by atoms with Gasteiger partial charge in [-0.1, -0.05) is 6.07 Å². The Morgan fingerprint density at radius 3 is 2.37 bits per heavy atom. The third-order valence-electron chi connectivity index (χ3n) is 4.82. The molecule has 8 heteroatoms. The van der Waals surface area contributed by atoms with Crippen molar-refractivity contribution in [1.82, 2.24) is 10.6 Å². The van der Waals surface area contributed by atoms with Crippen LogP contribution in [0.3, 0.4) is 0 Å². The van der Waals surface area contributed by atoms with E-state index >= 15 is 0 Å². The van der Waals surface area contributed by atoms with Crippen molar-refractivity contribution in [2.45, 2.75) is 39.3 Å². The van der Waals surface area contributed by atoms with Crippen LogP contribution in [0.15, 0.2) is 40.8 Å². The normalized spacial score (nSPS) is 13.1. The summed E-state index contributed by atoms with van der Waals surface area (Å²) in [6.45, 7) is 4.62. The number of furan rings is 1. The summed E-state index contributed by atoms with van der Waals surface area (Å²) >= 11 is 0. The molecule has 0 radical (unpaired) electrons. The van der Waals surface area contributed by atoms with E-state index in [0.717, 1.165) is 12.1 Å². The lowest BCUT2D eigenvalue weighted by Gasteiger charge is -2.20. The molecule has 0 spiro atoms. The van der Waals surface area contributed by atoms with E-state index in [-0.39, 0.29) is 12.0 Å². The first kappa shape index (κ1) is 21.4. The van der Waals surface area contributed by atoms with Crippen LogP contribution in [0.25, 0.3) is 11.0 Å². The monoisotopic (exact) mass is 418 g/mol. The average Bonchev–Trinajstić information content (AvgIpc) is 2.97. The molecule has 1 heterocycles. The van der Waals surface area contributed by atoms with E-state index in [2.05, 4.69) is 10.6 Å². The summed E-state index contributed by atoms with van der Waals surface area (Å²) in [4.78, 5) is 24.1. The second-order valence-electron chi connectivity index (χ2n) is 7.11. The zero-order valence-corrected chi connectivity index (χ0v) is 16.7. The van der Waals surface area contributed by atoms with Crippen LogP contribution in [0.4, 0.5) is 13.2 Å². The van der Waals surface area contributed by atoms with Crippen LogP contribution in [0.2, 0.25) is 0 Å². The molecule has 2 atom stereocenters. The Hall–Kier alpha value is -3.29. The molecule has 0 aliphatic rings. The molecular weight excluding hydrogens is 397 g/mol. The zero-order valence-electron chi connectivity index (χ0n) is 16.7. The Bertz CT molecular complexity index is 1090. The molecule has 0 aliphatic heterocycles. The highest BCUT2D eigenvalue weighted by Crippen LogP contribution is 2.30. The van der Waals surface area contributed by atoms with Gasteiger partial charge in [0.25, 0.3) is 0 Å². The average molecular weight is 418 g/mol. The molecule has 3 aromatic rings. The highest BCUT2D eigenvalue weighted by molar-refractivity contribution is 5.83. The van der Waals surface area contributed by atoms with Gasteiger partial charge in [-0.05, 0) is 44.2 Å². The fraction of sp³-hybridized carbons (Fsp3) is 0.273. The first-order valence-corrected chi connectivity index (χ1v) is 9.36. The topological polar surface area (TPSA) is 71.3 Å². The number of hydrogen-bond acceptors (Lipinski definition) is 3. The molecule has 2 N–H and O–H groups in total. The van der Waals surface area contributed by atoms with Gasteiger partial charge in [-0.15, -0.1) is 0 Å². The lowest BCUT2D eigenvalue weighted by molar-refractivity contribution is -0.123. The Balaban J connectivity index is 1.80. The number of amides is 2. The van der Waals surface area contributed by atoms with Crippen LogP contribution in [0, 0.1) is 24.4 Å². The molecule has 2 aromatic carbocycles. The maximum atomic E-state index is 14.2. The molecule has 0 aliphatic carbocycles. The summed E-state index contributed by atoms with van der Waals surface area (Å²) in [5, 5.41) is 5.71. The second kappa shape index (κ2) is 8.61. The second-order valence-corrected chi connectivity index (χ2v) is 7.11. The summed E-state index contributed by atoms with van der Waals surface area (Å²) in [7, 11) is 0. The van der Waals surface area contributed by atoms with Crippen LogP contribution in [0.1, 0.15) is 49.2 Å². The maximum Gasteiger partial charge on any atom is 0.223 e. The Kier molecular flexibility index (Phi) is 6.14. The number of hydrogen-bond donors (Lipinski definition) is 2. The SMILES string of the molecule is CC(=O)NC(CC(=O)NC(C)c1oc2ccc(F)cc2c1C)c1c(F)cccc1F. The van der Waals surface area contributed by atoms with Gasteiger partial charge in [0.15, 0.2) is 0 Å². The first-order chi connectivity index (χ1) is 14.2. The number of fused-ring (bicyclic) bond motifs is 1. The van der Waals surface area contributed by atoms with Crippen LogP contribution in [0.5, 0.6) is 0 Å². The van der Waals surface area contributed by atoms with Gasteiger partial charge in [0.1, 0.15) is 28.8 Å². The molecule has 0 bridgehead atoms. The van der Waals surface area contributed by atoms with E-state index < -0.39 is 41.3 Å². The summed E-state index contributed by atoms with van der Waals surface area (Å²) in [6, 6.07) is 5.69.